The maximum atomic E-state index is 11.4. The highest BCUT2D eigenvalue weighted by atomic mass is 16.4. The lowest BCUT2D eigenvalue weighted by Crippen LogP contribution is -2.39. The van der Waals surface area contributed by atoms with E-state index in [4.69, 9.17) is 5.11 Å². The number of rotatable bonds is 5. The average molecular weight is 262 g/mol. The number of carbonyl (C=O) groups excluding carboxylic acids is 1. The van der Waals surface area contributed by atoms with Crippen molar-refractivity contribution in [3.63, 3.8) is 0 Å². The van der Waals surface area contributed by atoms with Crippen LogP contribution < -0.4 is 10.6 Å². The smallest absolute Gasteiger partial charge is 0.328 e. The first-order valence-electron chi connectivity index (χ1n) is 6.01. The molecule has 19 heavy (non-hydrogen) atoms. The van der Waals surface area contributed by atoms with Gasteiger partial charge in [-0.3, -0.25) is 0 Å². The maximum absolute atomic E-state index is 11.4. The first-order valence-corrected chi connectivity index (χ1v) is 6.01. The van der Waals surface area contributed by atoms with E-state index in [2.05, 4.69) is 10.6 Å². The van der Waals surface area contributed by atoms with Crippen molar-refractivity contribution in [2.24, 2.45) is 0 Å². The van der Waals surface area contributed by atoms with Gasteiger partial charge in [0.15, 0.2) is 0 Å². The van der Waals surface area contributed by atoms with Crippen LogP contribution in [0.2, 0.25) is 0 Å². The summed E-state index contributed by atoms with van der Waals surface area (Å²) >= 11 is 0. The lowest BCUT2D eigenvalue weighted by Gasteiger charge is -2.10. The average Bonchev–Trinajstić information content (AvgIpc) is 2.34. The summed E-state index contributed by atoms with van der Waals surface area (Å²) in [6.45, 7) is 4.17. The zero-order valence-corrected chi connectivity index (χ0v) is 11.0. The Labute approximate surface area is 112 Å². The molecular formula is C14H18N2O3. The fourth-order valence-corrected chi connectivity index (χ4v) is 1.47. The van der Waals surface area contributed by atoms with Gasteiger partial charge in [-0.25, -0.2) is 9.59 Å². The van der Waals surface area contributed by atoms with Crippen molar-refractivity contribution in [2.75, 3.05) is 0 Å². The molecule has 0 aliphatic rings. The van der Waals surface area contributed by atoms with E-state index in [9.17, 15) is 9.59 Å². The third-order valence-corrected chi connectivity index (χ3v) is 2.24. The van der Waals surface area contributed by atoms with Crippen LogP contribution in [-0.2, 0) is 11.3 Å². The molecule has 0 aliphatic heterocycles. The summed E-state index contributed by atoms with van der Waals surface area (Å²) in [6.07, 6.45) is 2.60. The molecule has 0 aromatic heterocycles. The van der Waals surface area contributed by atoms with E-state index < -0.39 is 5.97 Å². The van der Waals surface area contributed by atoms with Crippen LogP contribution in [0.15, 0.2) is 30.3 Å². The second-order valence-corrected chi connectivity index (χ2v) is 4.40. The Kier molecular flexibility index (Phi) is 5.60. The van der Waals surface area contributed by atoms with Gasteiger partial charge >= 0.3 is 12.0 Å². The highest BCUT2D eigenvalue weighted by molar-refractivity contribution is 5.85. The zero-order valence-electron chi connectivity index (χ0n) is 11.0. The fourth-order valence-electron chi connectivity index (χ4n) is 1.47. The summed E-state index contributed by atoms with van der Waals surface area (Å²) in [5, 5.41) is 14.0. The van der Waals surface area contributed by atoms with Crippen molar-refractivity contribution >= 4 is 18.1 Å². The molecule has 5 heteroatoms. The van der Waals surface area contributed by atoms with Crippen LogP contribution in [0.5, 0.6) is 0 Å². The van der Waals surface area contributed by atoms with Gasteiger partial charge in [0.25, 0.3) is 0 Å². The number of carboxylic acid groups (broad SMARTS) is 1. The van der Waals surface area contributed by atoms with Gasteiger partial charge in [0.2, 0.25) is 0 Å². The van der Waals surface area contributed by atoms with Crippen molar-refractivity contribution in [3.05, 3.63) is 41.5 Å². The summed E-state index contributed by atoms with van der Waals surface area (Å²) in [5.41, 5.74) is 1.69. The fraction of sp³-hybridized carbons (Fsp3) is 0.286. The van der Waals surface area contributed by atoms with E-state index >= 15 is 0 Å². The number of aliphatic carboxylic acids is 1. The highest BCUT2D eigenvalue weighted by Crippen LogP contribution is 2.07. The van der Waals surface area contributed by atoms with Crippen LogP contribution >= 0.6 is 0 Å². The molecule has 1 rings (SSSR count). The maximum Gasteiger partial charge on any atom is 0.328 e. The Bertz CT molecular complexity index is 481. The molecule has 5 nitrogen and oxygen atoms in total. The summed E-state index contributed by atoms with van der Waals surface area (Å²) in [6, 6.07) is 7.19. The summed E-state index contributed by atoms with van der Waals surface area (Å²) in [4.78, 5) is 21.8. The SMILES string of the molecule is CC(C)NC(=O)NCc1cccc(/C=C/C(=O)O)c1. The minimum absolute atomic E-state index is 0.0878. The zero-order chi connectivity index (χ0) is 14.3. The molecule has 0 fully saturated rings. The molecule has 0 heterocycles. The number of amides is 2. The second-order valence-electron chi connectivity index (χ2n) is 4.40. The molecule has 0 saturated heterocycles. The van der Waals surface area contributed by atoms with Crippen LogP contribution in [0.1, 0.15) is 25.0 Å². The van der Waals surface area contributed by atoms with Gasteiger partial charge in [-0.1, -0.05) is 18.2 Å². The third-order valence-electron chi connectivity index (χ3n) is 2.24. The topological polar surface area (TPSA) is 78.4 Å². The molecule has 0 bridgehead atoms. The number of urea groups is 1. The summed E-state index contributed by atoms with van der Waals surface area (Å²) < 4.78 is 0. The number of hydrogen-bond acceptors (Lipinski definition) is 2. The van der Waals surface area contributed by atoms with Gasteiger partial charge < -0.3 is 15.7 Å². The predicted octanol–water partition coefficient (Wildman–Crippen LogP) is 1.99. The summed E-state index contributed by atoms with van der Waals surface area (Å²) in [7, 11) is 0. The van der Waals surface area contributed by atoms with E-state index in [1.54, 1.807) is 6.07 Å². The summed E-state index contributed by atoms with van der Waals surface area (Å²) in [5.74, 6) is -0.986. The molecular weight excluding hydrogens is 244 g/mol. The monoisotopic (exact) mass is 262 g/mol. The molecule has 0 unspecified atom stereocenters. The molecule has 0 saturated carbocycles. The van der Waals surface area contributed by atoms with Crippen molar-refractivity contribution < 1.29 is 14.7 Å². The van der Waals surface area contributed by atoms with E-state index in [0.717, 1.165) is 17.2 Å². The minimum Gasteiger partial charge on any atom is -0.478 e. The lowest BCUT2D eigenvalue weighted by molar-refractivity contribution is -0.131. The van der Waals surface area contributed by atoms with E-state index in [-0.39, 0.29) is 12.1 Å². The Morgan fingerprint density at radius 1 is 1.37 bits per heavy atom. The number of carboxylic acids is 1. The molecule has 0 radical (unpaired) electrons. The van der Waals surface area contributed by atoms with Gasteiger partial charge in [0.1, 0.15) is 0 Å². The van der Waals surface area contributed by atoms with Crippen LogP contribution in [0.25, 0.3) is 6.08 Å². The van der Waals surface area contributed by atoms with Gasteiger partial charge in [0.05, 0.1) is 0 Å². The molecule has 0 spiro atoms. The Hall–Kier alpha value is -2.30. The van der Waals surface area contributed by atoms with Gasteiger partial charge in [0, 0.05) is 18.7 Å². The number of nitrogens with one attached hydrogen (secondary N) is 2. The first-order chi connectivity index (χ1) is 8.97. The Morgan fingerprint density at radius 2 is 2.11 bits per heavy atom. The normalized spacial score (nSPS) is 10.7. The minimum atomic E-state index is -0.986. The van der Waals surface area contributed by atoms with E-state index in [1.807, 2.05) is 32.0 Å². The molecule has 3 N–H and O–H groups in total. The standard InChI is InChI=1S/C14H18N2O3/c1-10(2)16-14(19)15-9-12-5-3-4-11(8-12)6-7-13(17)18/h3-8,10H,9H2,1-2H3,(H,17,18)(H2,15,16,19)/b7-6+. The van der Waals surface area contributed by atoms with Crippen molar-refractivity contribution in [2.45, 2.75) is 26.4 Å². The quantitative estimate of drug-likeness (QED) is 0.710. The predicted molar refractivity (Wildman–Crippen MR) is 73.6 cm³/mol. The molecule has 0 atom stereocenters. The number of hydrogen-bond donors (Lipinski definition) is 3. The van der Waals surface area contributed by atoms with Crippen LogP contribution in [0.3, 0.4) is 0 Å². The highest BCUT2D eigenvalue weighted by Gasteiger charge is 2.02. The van der Waals surface area contributed by atoms with Crippen molar-refractivity contribution in [3.8, 4) is 0 Å². The van der Waals surface area contributed by atoms with Crippen molar-refractivity contribution in [1.29, 1.82) is 0 Å². The van der Waals surface area contributed by atoms with Gasteiger partial charge in [-0.15, -0.1) is 0 Å². The number of carbonyl (C=O) groups is 2. The van der Waals surface area contributed by atoms with Gasteiger partial charge in [-0.2, -0.15) is 0 Å². The lowest BCUT2D eigenvalue weighted by atomic mass is 10.1. The second kappa shape index (κ2) is 7.20. The Morgan fingerprint density at radius 3 is 2.74 bits per heavy atom. The van der Waals surface area contributed by atoms with Crippen LogP contribution in [-0.4, -0.2) is 23.1 Å². The van der Waals surface area contributed by atoms with Crippen LogP contribution in [0, 0.1) is 0 Å². The molecule has 0 aliphatic carbocycles. The first kappa shape index (κ1) is 14.8. The molecule has 1 aromatic rings. The molecule has 102 valence electrons. The molecule has 2 amide bonds. The van der Waals surface area contributed by atoms with Gasteiger partial charge in [-0.05, 0) is 37.1 Å². The van der Waals surface area contributed by atoms with E-state index in [1.165, 1.54) is 6.08 Å². The number of benzene rings is 1. The van der Waals surface area contributed by atoms with Crippen molar-refractivity contribution in [1.82, 2.24) is 10.6 Å². The van der Waals surface area contributed by atoms with Crippen LogP contribution in [0.4, 0.5) is 4.79 Å². The van der Waals surface area contributed by atoms with E-state index in [0.29, 0.717) is 6.54 Å². The third kappa shape index (κ3) is 6.26. The largest absolute Gasteiger partial charge is 0.478 e. The molecule has 1 aromatic carbocycles. The Balaban J connectivity index is 2.57.